The third-order valence-corrected chi connectivity index (χ3v) is 5.67. The number of carbonyl (C=O) groups is 2. The van der Waals surface area contributed by atoms with Crippen molar-refractivity contribution in [1.29, 1.82) is 0 Å². The number of halogens is 4. The maximum atomic E-state index is 12.8. The Hall–Kier alpha value is -3.06. The third kappa shape index (κ3) is 6.26. The molecule has 2 aromatic heterocycles. The second-order valence-corrected chi connectivity index (χ2v) is 8.06. The first kappa shape index (κ1) is 24.6. The zero-order valence-corrected chi connectivity index (χ0v) is 18.9. The predicted octanol–water partition coefficient (Wildman–Crippen LogP) is 3.86. The van der Waals surface area contributed by atoms with Crippen molar-refractivity contribution in [2.24, 2.45) is 5.92 Å². The number of amides is 2. The van der Waals surface area contributed by atoms with Crippen LogP contribution in [0.15, 0.2) is 30.7 Å². The van der Waals surface area contributed by atoms with Crippen LogP contribution >= 0.6 is 11.6 Å². The summed E-state index contributed by atoms with van der Waals surface area (Å²) >= 11 is 6.25. The fraction of sp³-hybridized carbons (Fsp3) is 0.455. The molecule has 2 heterocycles. The van der Waals surface area contributed by atoms with E-state index in [9.17, 15) is 22.8 Å². The molecule has 33 heavy (non-hydrogen) atoms. The summed E-state index contributed by atoms with van der Waals surface area (Å²) < 4.78 is 39.9. The van der Waals surface area contributed by atoms with E-state index in [2.05, 4.69) is 21.9 Å². The van der Waals surface area contributed by atoms with Crippen LogP contribution in [0.25, 0.3) is 5.69 Å². The first-order chi connectivity index (χ1) is 15.6. The number of hydrogen-bond acceptors (Lipinski definition) is 4. The molecule has 0 saturated heterocycles. The highest BCUT2D eigenvalue weighted by Gasteiger charge is 2.38. The van der Waals surface area contributed by atoms with Gasteiger partial charge in [-0.3, -0.25) is 19.5 Å². The van der Waals surface area contributed by atoms with Crippen LogP contribution in [0.5, 0.6) is 0 Å². The van der Waals surface area contributed by atoms with E-state index in [1.165, 1.54) is 9.58 Å². The second kappa shape index (κ2) is 10.3. The third-order valence-electron chi connectivity index (χ3n) is 5.40. The van der Waals surface area contributed by atoms with Crippen LogP contribution in [0, 0.1) is 17.8 Å². The van der Waals surface area contributed by atoms with Gasteiger partial charge in [0.05, 0.1) is 18.1 Å². The van der Waals surface area contributed by atoms with Crippen LogP contribution in [0.3, 0.4) is 0 Å². The van der Waals surface area contributed by atoms with Crippen molar-refractivity contribution < 1.29 is 22.8 Å². The largest absolute Gasteiger partial charge is 0.406 e. The fourth-order valence-electron chi connectivity index (χ4n) is 3.86. The zero-order chi connectivity index (χ0) is 24.2. The Balaban J connectivity index is 1.70. The maximum absolute atomic E-state index is 12.8. The number of anilines is 1. The van der Waals surface area contributed by atoms with E-state index in [1.807, 2.05) is 0 Å². The summed E-state index contributed by atoms with van der Waals surface area (Å²) in [5, 5.41) is 4.34. The molecular formula is C22H23ClF3N5O2. The summed E-state index contributed by atoms with van der Waals surface area (Å²) in [5.41, 5.74) is 1.06. The average molecular weight is 482 g/mol. The van der Waals surface area contributed by atoms with Gasteiger partial charge in [0.2, 0.25) is 5.91 Å². The first-order valence-corrected chi connectivity index (χ1v) is 10.8. The molecule has 0 bridgehead atoms. The molecule has 1 saturated carbocycles. The molecular weight excluding hydrogens is 459 g/mol. The fourth-order valence-corrected chi connectivity index (χ4v) is 4.10. The maximum Gasteiger partial charge on any atom is 0.406 e. The average Bonchev–Trinajstić information content (AvgIpc) is 3.38. The molecule has 0 aliphatic heterocycles. The molecule has 11 heteroatoms. The number of rotatable bonds is 5. The lowest BCUT2D eigenvalue weighted by molar-refractivity contribution is -0.164. The SMILES string of the molecule is CCN(C(=O)C#CC1CCC(N(CC(F)(F)F)C(C)=O)C1)c1cn(-c2cccnc2)nc1Cl. The molecule has 0 aromatic carbocycles. The molecule has 2 atom stereocenters. The van der Waals surface area contributed by atoms with E-state index in [4.69, 9.17) is 11.6 Å². The van der Waals surface area contributed by atoms with Crippen LogP contribution in [0.1, 0.15) is 33.1 Å². The van der Waals surface area contributed by atoms with Crippen molar-refractivity contribution in [2.75, 3.05) is 18.0 Å². The molecule has 176 valence electrons. The van der Waals surface area contributed by atoms with Crippen LogP contribution in [-0.2, 0) is 9.59 Å². The van der Waals surface area contributed by atoms with Crippen LogP contribution in [0.4, 0.5) is 18.9 Å². The minimum atomic E-state index is -4.47. The van der Waals surface area contributed by atoms with Gasteiger partial charge in [0.15, 0.2) is 5.15 Å². The number of alkyl halides is 3. The van der Waals surface area contributed by atoms with Gasteiger partial charge in [-0.2, -0.15) is 18.3 Å². The predicted molar refractivity (Wildman–Crippen MR) is 117 cm³/mol. The summed E-state index contributed by atoms with van der Waals surface area (Å²) in [6.07, 6.45) is 1.58. The normalized spacial score (nSPS) is 17.9. The molecule has 2 aromatic rings. The van der Waals surface area contributed by atoms with Gasteiger partial charge in [-0.25, -0.2) is 4.68 Å². The Morgan fingerprint density at radius 1 is 1.33 bits per heavy atom. The lowest BCUT2D eigenvalue weighted by Crippen LogP contribution is -2.43. The molecule has 0 spiro atoms. The van der Waals surface area contributed by atoms with Crippen molar-refractivity contribution >= 4 is 29.1 Å². The molecule has 7 nitrogen and oxygen atoms in total. The van der Waals surface area contributed by atoms with Gasteiger partial charge in [0.25, 0.3) is 0 Å². The van der Waals surface area contributed by atoms with E-state index >= 15 is 0 Å². The molecule has 1 aliphatic carbocycles. The van der Waals surface area contributed by atoms with Gasteiger partial charge in [-0.1, -0.05) is 17.5 Å². The van der Waals surface area contributed by atoms with Crippen molar-refractivity contribution in [3.63, 3.8) is 0 Å². The number of hydrogen-bond donors (Lipinski definition) is 0. The molecule has 2 unspecified atom stereocenters. The van der Waals surface area contributed by atoms with E-state index in [1.54, 1.807) is 37.6 Å². The Labute approximate surface area is 194 Å². The molecule has 1 aliphatic rings. The van der Waals surface area contributed by atoms with Gasteiger partial charge in [0.1, 0.15) is 12.2 Å². The molecule has 2 amide bonds. The van der Waals surface area contributed by atoms with Crippen molar-refractivity contribution in [1.82, 2.24) is 19.7 Å². The van der Waals surface area contributed by atoms with E-state index in [0.717, 1.165) is 11.8 Å². The van der Waals surface area contributed by atoms with Gasteiger partial charge >= 0.3 is 12.1 Å². The van der Waals surface area contributed by atoms with E-state index in [-0.39, 0.29) is 11.1 Å². The summed E-state index contributed by atoms with van der Waals surface area (Å²) in [7, 11) is 0. The Morgan fingerprint density at radius 2 is 2.09 bits per heavy atom. The summed E-state index contributed by atoms with van der Waals surface area (Å²) in [5.74, 6) is 4.07. The number of pyridine rings is 1. The van der Waals surface area contributed by atoms with Gasteiger partial charge < -0.3 is 4.90 Å². The van der Waals surface area contributed by atoms with Gasteiger partial charge in [-0.15, -0.1) is 0 Å². The van der Waals surface area contributed by atoms with Crippen molar-refractivity contribution in [2.45, 2.75) is 45.3 Å². The second-order valence-electron chi connectivity index (χ2n) is 7.71. The van der Waals surface area contributed by atoms with Gasteiger partial charge in [0, 0.05) is 31.6 Å². The zero-order valence-electron chi connectivity index (χ0n) is 18.1. The summed E-state index contributed by atoms with van der Waals surface area (Å²) in [6.45, 7) is 1.91. The Kier molecular flexibility index (Phi) is 7.64. The molecule has 1 fully saturated rings. The first-order valence-electron chi connectivity index (χ1n) is 10.4. The van der Waals surface area contributed by atoms with Gasteiger partial charge in [-0.05, 0) is 44.2 Å². The van der Waals surface area contributed by atoms with Crippen LogP contribution in [-0.4, -0.2) is 56.8 Å². The van der Waals surface area contributed by atoms with E-state index < -0.39 is 30.6 Å². The van der Waals surface area contributed by atoms with Crippen molar-refractivity contribution in [3.8, 4) is 17.5 Å². The monoisotopic (exact) mass is 481 g/mol. The number of carbonyl (C=O) groups excluding carboxylic acids is 2. The molecule has 0 radical (unpaired) electrons. The lowest BCUT2D eigenvalue weighted by Gasteiger charge is -2.28. The van der Waals surface area contributed by atoms with E-state index in [0.29, 0.717) is 37.2 Å². The quantitative estimate of drug-likeness (QED) is 0.608. The highest BCUT2D eigenvalue weighted by Crippen LogP contribution is 2.31. The number of nitrogens with zero attached hydrogens (tertiary/aromatic N) is 5. The van der Waals surface area contributed by atoms with Crippen LogP contribution < -0.4 is 4.90 Å². The minimum Gasteiger partial charge on any atom is -0.331 e. The van der Waals surface area contributed by atoms with Crippen LogP contribution in [0.2, 0.25) is 5.15 Å². The Bertz CT molecular complexity index is 1060. The minimum absolute atomic E-state index is 0.126. The highest BCUT2D eigenvalue weighted by atomic mass is 35.5. The summed E-state index contributed by atoms with van der Waals surface area (Å²) in [4.78, 5) is 30.7. The highest BCUT2D eigenvalue weighted by molar-refractivity contribution is 6.32. The molecule has 3 rings (SSSR count). The summed E-state index contributed by atoms with van der Waals surface area (Å²) in [6, 6.07) is 2.99. The van der Waals surface area contributed by atoms with Crippen molar-refractivity contribution in [3.05, 3.63) is 35.9 Å². The smallest absolute Gasteiger partial charge is 0.331 e. The number of aromatic nitrogens is 3. The topological polar surface area (TPSA) is 71.3 Å². The molecule has 0 N–H and O–H groups in total. The standard InChI is InChI=1S/C22H23ClF3N5O2/c1-3-29(19-13-31(28-21(19)23)18-5-4-10-27-12-18)20(33)9-7-16-6-8-17(11-16)30(15(2)32)14-22(24,25)26/h4-5,10,12-13,16-17H,3,6,8,11,14H2,1-2H3. The lowest BCUT2D eigenvalue weighted by atomic mass is 10.1. The Morgan fingerprint density at radius 3 is 2.70 bits per heavy atom.